The Kier molecular flexibility index (Phi) is 9.36. The van der Waals surface area contributed by atoms with Crippen LogP contribution in [0, 0.1) is 0 Å². The minimum atomic E-state index is -2.60. The molecule has 1 aliphatic heterocycles. The standard InChI is InChI=1S/C20H31ClFN7O6P/c1-5-6-24-15-13-16(27-19(23)26-15)29(9-25-13)17-12(22)14(30)20(7-21,35-17)8-33-36(32)28-11(4)18(31)34-10(2)3/h9-12,14,17,30H,5-8H2,1-4H3,(H,28,32)(H3,23,24,26,27)/q+1/t11-,12-,14-,17+,20+/m0/s1. The van der Waals surface area contributed by atoms with Crippen LogP contribution in [0.4, 0.5) is 16.2 Å². The first-order valence-corrected chi connectivity index (χ1v) is 13.1. The first kappa shape index (κ1) is 28.4. The van der Waals surface area contributed by atoms with Crippen LogP contribution in [0.1, 0.15) is 40.3 Å². The largest absolute Gasteiger partial charge is 0.613 e. The van der Waals surface area contributed by atoms with E-state index in [1.54, 1.807) is 13.8 Å². The van der Waals surface area contributed by atoms with E-state index < -0.39 is 50.9 Å². The number of aliphatic hydroxyl groups excluding tert-OH is 1. The van der Waals surface area contributed by atoms with Crippen molar-refractivity contribution in [3.8, 4) is 0 Å². The lowest BCUT2D eigenvalue weighted by molar-refractivity contribution is -0.149. The molecule has 1 fully saturated rings. The number of rotatable bonds is 12. The summed E-state index contributed by atoms with van der Waals surface area (Å²) in [6.45, 7) is 6.87. The highest BCUT2D eigenvalue weighted by Crippen LogP contribution is 2.42. The van der Waals surface area contributed by atoms with Gasteiger partial charge in [0.15, 0.2) is 29.4 Å². The zero-order valence-corrected chi connectivity index (χ0v) is 22.0. The number of anilines is 2. The smallest absolute Gasteiger partial charge is 0.462 e. The third-order valence-electron chi connectivity index (χ3n) is 5.38. The maximum absolute atomic E-state index is 15.3. The van der Waals surface area contributed by atoms with Gasteiger partial charge in [-0.1, -0.05) is 12.0 Å². The van der Waals surface area contributed by atoms with Crippen LogP contribution in [0.3, 0.4) is 0 Å². The van der Waals surface area contributed by atoms with Crippen molar-refractivity contribution in [1.29, 1.82) is 0 Å². The summed E-state index contributed by atoms with van der Waals surface area (Å²) in [6.07, 6.45) is -3.30. The van der Waals surface area contributed by atoms with Crippen LogP contribution in [0.25, 0.3) is 11.2 Å². The summed E-state index contributed by atoms with van der Waals surface area (Å²) in [5.74, 6) is -0.679. The van der Waals surface area contributed by atoms with E-state index in [0.29, 0.717) is 17.9 Å². The van der Waals surface area contributed by atoms with Gasteiger partial charge in [0.05, 0.1) is 18.3 Å². The van der Waals surface area contributed by atoms with Crippen molar-refractivity contribution < 1.29 is 32.9 Å². The molecule has 1 aliphatic rings. The molecule has 0 amide bonds. The molecule has 1 unspecified atom stereocenters. The third-order valence-corrected chi connectivity index (χ3v) is 6.79. The number of aromatic nitrogens is 4. The van der Waals surface area contributed by atoms with Crippen molar-refractivity contribution in [3.05, 3.63) is 6.33 Å². The molecule has 0 aromatic carbocycles. The van der Waals surface area contributed by atoms with Gasteiger partial charge in [-0.05, 0) is 31.8 Å². The summed E-state index contributed by atoms with van der Waals surface area (Å²) in [5, 5.41) is 16.2. The molecule has 0 spiro atoms. The quantitative estimate of drug-likeness (QED) is 0.172. The number of aliphatic hydroxyl groups is 1. The van der Waals surface area contributed by atoms with Gasteiger partial charge in [0.1, 0.15) is 24.4 Å². The van der Waals surface area contributed by atoms with E-state index >= 15 is 4.39 Å². The third kappa shape index (κ3) is 6.01. The lowest BCUT2D eigenvalue weighted by Gasteiger charge is -2.26. The molecule has 3 rings (SSSR count). The molecule has 36 heavy (non-hydrogen) atoms. The molecule has 0 aliphatic carbocycles. The lowest BCUT2D eigenvalue weighted by atomic mass is 9.99. The average Bonchev–Trinajstić information content (AvgIpc) is 3.35. The highest BCUT2D eigenvalue weighted by molar-refractivity contribution is 7.36. The number of hydrogen-bond donors (Lipinski definition) is 4. The molecule has 2 aromatic rings. The number of nitrogens with zero attached hydrogens (tertiary/aromatic N) is 4. The van der Waals surface area contributed by atoms with Gasteiger partial charge in [0.2, 0.25) is 5.95 Å². The molecular formula is C20H31ClFN7O6P+. The zero-order chi connectivity index (χ0) is 26.6. The molecule has 1 saturated heterocycles. The normalized spacial score (nSPS) is 25.3. The van der Waals surface area contributed by atoms with Gasteiger partial charge in [-0.2, -0.15) is 9.97 Å². The molecule has 0 radical (unpaired) electrons. The van der Waals surface area contributed by atoms with E-state index in [1.165, 1.54) is 17.8 Å². The number of carbonyl (C=O) groups is 1. The molecule has 13 nitrogen and oxygen atoms in total. The Morgan fingerprint density at radius 2 is 2.17 bits per heavy atom. The van der Waals surface area contributed by atoms with Gasteiger partial charge in [-0.25, -0.2) is 9.37 Å². The molecule has 2 aromatic heterocycles. The number of nitrogens with one attached hydrogen (secondary N) is 2. The van der Waals surface area contributed by atoms with Crippen molar-refractivity contribution in [1.82, 2.24) is 24.6 Å². The highest BCUT2D eigenvalue weighted by atomic mass is 35.5. The zero-order valence-electron chi connectivity index (χ0n) is 20.4. The number of hydrogen-bond acceptors (Lipinski definition) is 11. The van der Waals surface area contributed by atoms with Gasteiger partial charge >= 0.3 is 14.1 Å². The second-order valence-corrected chi connectivity index (χ2v) is 9.94. The molecule has 6 atom stereocenters. The summed E-state index contributed by atoms with van der Waals surface area (Å²) >= 11 is 6.07. The van der Waals surface area contributed by atoms with Crippen LogP contribution >= 0.6 is 19.8 Å². The first-order chi connectivity index (χ1) is 17.0. The lowest BCUT2D eigenvalue weighted by Crippen LogP contribution is -2.47. The van der Waals surface area contributed by atoms with Crippen molar-refractivity contribution in [2.45, 2.75) is 70.4 Å². The number of carbonyl (C=O) groups excluding carboxylic acids is 1. The van der Waals surface area contributed by atoms with Crippen LogP contribution < -0.4 is 16.1 Å². The van der Waals surface area contributed by atoms with Crippen LogP contribution in [-0.2, 0) is 23.4 Å². The van der Waals surface area contributed by atoms with Gasteiger partial charge in [-0.15, -0.1) is 16.1 Å². The summed E-state index contributed by atoms with van der Waals surface area (Å²) in [6, 6.07) is -0.933. The summed E-state index contributed by atoms with van der Waals surface area (Å²) < 4.78 is 45.2. The summed E-state index contributed by atoms with van der Waals surface area (Å²) in [5.41, 5.74) is 4.62. The Bertz CT molecular complexity index is 1090. The van der Waals surface area contributed by atoms with Crippen LogP contribution in [0.2, 0.25) is 0 Å². The average molecular weight is 551 g/mol. The molecule has 0 saturated carbocycles. The molecule has 200 valence electrons. The van der Waals surface area contributed by atoms with Crippen molar-refractivity contribution in [2.75, 3.05) is 30.1 Å². The van der Waals surface area contributed by atoms with E-state index in [2.05, 4.69) is 25.4 Å². The molecule has 5 N–H and O–H groups in total. The Hall–Kier alpha value is -2.22. The SMILES string of the molecule is CCCNc1nc(N)nc2c1ncn2[C@@H]1O[C@](CCl)(CO[P+](=O)N[C@@H](C)C(=O)OC(C)C)[C@@H](O)[C@@H]1F. The fraction of sp³-hybridized carbons (Fsp3) is 0.700. The number of fused-ring (bicyclic) bond motifs is 1. The van der Waals surface area contributed by atoms with E-state index in [9.17, 15) is 14.5 Å². The van der Waals surface area contributed by atoms with E-state index in [4.69, 9.17) is 31.3 Å². The minimum absolute atomic E-state index is 0.0584. The second-order valence-electron chi connectivity index (χ2n) is 8.64. The molecule has 16 heteroatoms. The van der Waals surface area contributed by atoms with Crippen LogP contribution in [0.5, 0.6) is 0 Å². The number of nitrogen functional groups attached to an aromatic ring is 1. The number of imidazole rings is 1. The maximum Gasteiger partial charge on any atom is 0.613 e. The fourth-order valence-electron chi connectivity index (χ4n) is 3.54. The Labute approximate surface area is 213 Å². The Balaban J connectivity index is 1.76. The number of esters is 1. The van der Waals surface area contributed by atoms with E-state index in [1.807, 2.05) is 6.92 Å². The number of alkyl halides is 2. The first-order valence-electron chi connectivity index (χ1n) is 11.4. The van der Waals surface area contributed by atoms with E-state index in [-0.39, 0.29) is 23.6 Å². The predicted octanol–water partition coefficient (Wildman–Crippen LogP) is 2.04. The number of ether oxygens (including phenoxy) is 2. The molecule has 3 heterocycles. The Morgan fingerprint density at radius 1 is 1.44 bits per heavy atom. The van der Waals surface area contributed by atoms with Gasteiger partial charge < -0.3 is 25.6 Å². The maximum atomic E-state index is 15.3. The van der Waals surface area contributed by atoms with Crippen LogP contribution in [0.15, 0.2) is 6.33 Å². The predicted molar refractivity (Wildman–Crippen MR) is 130 cm³/mol. The number of halogens is 2. The summed E-state index contributed by atoms with van der Waals surface area (Å²) in [7, 11) is -2.60. The minimum Gasteiger partial charge on any atom is -0.462 e. The topological polar surface area (TPSA) is 176 Å². The molecule has 0 bridgehead atoms. The number of nitrogens with two attached hydrogens (primary N) is 1. The fourth-order valence-corrected chi connectivity index (χ4v) is 4.67. The van der Waals surface area contributed by atoms with Gasteiger partial charge in [-0.3, -0.25) is 9.36 Å². The Morgan fingerprint density at radius 3 is 2.81 bits per heavy atom. The van der Waals surface area contributed by atoms with E-state index in [0.717, 1.165) is 6.42 Å². The van der Waals surface area contributed by atoms with Gasteiger partial charge in [0.25, 0.3) is 0 Å². The monoisotopic (exact) mass is 550 g/mol. The highest BCUT2D eigenvalue weighted by Gasteiger charge is 2.57. The van der Waals surface area contributed by atoms with Crippen molar-refractivity contribution in [3.63, 3.8) is 0 Å². The summed E-state index contributed by atoms with van der Waals surface area (Å²) in [4.78, 5) is 24.5. The van der Waals surface area contributed by atoms with Crippen molar-refractivity contribution >= 4 is 48.7 Å². The second kappa shape index (κ2) is 11.9. The van der Waals surface area contributed by atoms with Crippen LogP contribution in [-0.4, -0.2) is 79.6 Å². The van der Waals surface area contributed by atoms with Crippen molar-refractivity contribution in [2.24, 2.45) is 0 Å². The van der Waals surface area contributed by atoms with Gasteiger partial charge in [0, 0.05) is 6.54 Å². The molecular weight excluding hydrogens is 520 g/mol.